The zero-order valence-corrected chi connectivity index (χ0v) is 18.3. The first-order valence-corrected chi connectivity index (χ1v) is 11.4. The van der Waals surface area contributed by atoms with Gasteiger partial charge in [0.15, 0.2) is 0 Å². The number of aromatic hydroxyl groups is 1. The highest BCUT2D eigenvalue weighted by Crippen LogP contribution is 2.33. The van der Waals surface area contributed by atoms with Gasteiger partial charge < -0.3 is 5.11 Å². The maximum Gasteiger partial charge on any atom is 0.271 e. The molecule has 4 N–H and O–H groups in total. The number of nitrogens with one attached hydrogen (secondary N) is 3. The van der Waals surface area contributed by atoms with Gasteiger partial charge in [0.1, 0.15) is 9.96 Å². The van der Waals surface area contributed by atoms with E-state index in [1.807, 2.05) is 0 Å². The lowest BCUT2D eigenvalue weighted by molar-refractivity contribution is 0.0943. The molecule has 0 aliphatic heterocycles. The van der Waals surface area contributed by atoms with Gasteiger partial charge in [-0.3, -0.25) is 20.4 Å². The van der Waals surface area contributed by atoms with Crippen LogP contribution in [0.4, 0.5) is 5.69 Å². The molecule has 0 aliphatic rings. The SMILES string of the molecule is C=C(NNC(=O)c1ccccc1NS(=O)(=O)c1cccs1)c1cc(Cl)cc(Cl)c1O. The number of phenols is 1. The van der Waals surface area contributed by atoms with Crippen LogP contribution >= 0.6 is 34.5 Å². The number of phenolic OH excluding ortho intramolecular Hbond substituents is 1. The molecular formula is C19H15Cl2N3O4S2. The van der Waals surface area contributed by atoms with Crippen molar-refractivity contribution >= 4 is 61.9 Å². The van der Waals surface area contributed by atoms with Gasteiger partial charge in [0.2, 0.25) is 0 Å². The highest BCUT2D eigenvalue weighted by molar-refractivity contribution is 7.94. The fourth-order valence-corrected chi connectivity index (χ4v) is 5.01. The summed E-state index contributed by atoms with van der Waals surface area (Å²) >= 11 is 12.9. The van der Waals surface area contributed by atoms with Crippen LogP contribution in [0.25, 0.3) is 5.70 Å². The van der Waals surface area contributed by atoms with Crippen molar-refractivity contribution in [2.24, 2.45) is 0 Å². The van der Waals surface area contributed by atoms with Crippen LogP contribution < -0.4 is 15.6 Å². The summed E-state index contributed by atoms with van der Waals surface area (Å²) in [5, 5.41) is 12.0. The number of para-hydroxylation sites is 1. The second kappa shape index (κ2) is 8.97. The average Bonchev–Trinajstić information content (AvgIpc) is 3.24. The molecule has 30 heavy (non-hydrogen) atoms. The molecule has 0 atom stereocenters. The van der Waals surface area contributed by atoms with Crippen molar-refractivity contribution in [2.75, 3.05) is 4.72 Å². The van der Waals surface area contributed by atoms with Gasteiger partial charge in [0.25, 0.3) is 15.9 Å². The van der Waals surface area contributed by atoms with Crippen LogP contribution in [0.2, 0.25) is 10.0 Å². The number of thiophene rings is 1. The van der Waals surface area contributed by atoms with E-state index in [-0.39, 0.29) is 42.5 Å². The van der Waals surface area contributed by atoms with Crippen LogP contribution in [-0.2, 0) is 10.0 Å². The standard InChI is InChI=1S/C19H15Cl2N3O4S2/c1-11(14-9-12(20)10-15(21)18(14)25)22-23-19(26)13-5-2-3-6-16(13)24-30(27,28)17-7-4-8-29-17/h2-10,22,24-25H,1H2,(H,23,26). The summed E-state index contributed by atoms with van der Waals surface area (Å²) in [7, 11) is -3.83. The van der Waals surface area contributed by atoms with Gasteiger partial charge in [0.05, 0.1) is 22.0 Å². The predicted octanol–water partition coefficient (Wildman–Crippen LogP) is 4.47. The number of rotatable bonds is 7. The Morgan fingerprint density at radius 3 is 2.47 bits per heavy atom. The third-order valence-electron chi connectivity index (χ3n) is 3.86. The number of hydrazine groups is 1. The summed E-state index contributed by atoms with van der Waals surface area (Å²) in [6.07, 6.45) is 0. The summed E-state index contributed by atoms with van der Waals surface area (Å²) in [4.78, 5) is 12.6. The Bertz CT molecular complexity index is 1210. The van der Waals surface area contributed by atoms with E-state index in [0.29, 0.717) is 0 Å². The second-order valence-electron chi connectivity index (χ2n) is 5.92. The lowest BCUT2D eigenvalue weighted by atomic mass is 10.1. The van der Waals surface area contributed by atoms with Gasteiger partial charge in [-0.2, -0.15) is 0 Å². The van der Waals surface area contributed by atoms with E-state index < -0.39 is 15.9 Å². The number of halogens is 2. The minimum Gasteiger partial charge on any atom is -0.506 e. The van der Waals surface area contributed by atoms with E-state index in [0.717, 1.165) is 11.3 Å². The van der Waals surface area contributed by atoms with Crippen molar-refractivity contribution in [3.05, 3.63) is 81.7 Å². The molecule has 0 aliphatic carbocycles. The summed E-state index contributed by atoms with van der Waals surface area (Å²) in [6, 6.07) is 12.0. The molecule has 11 heteroatoms. The Labute approximate surface area is 187 Å². The lowest BCUT2D eigenvalue weighted by Crippen LogP contribution is -2.36. The number of anilines is 1. The molecule has 1 amide bonds. The predicted molar refractivity (Wildman–Crippen MR) is 119 cm³/mol. The smallest absolute Gasteiger partial charge is 0.271 e. The molecule has 0 bridgehead atoms. The fourth-order valence-electron chi connectivity index (χ4n) is 2.44. The molecule has 7 nitrogen and oxygen atoms in total. The Hall–Kier alpha value is -2.72. The third kappa shape index (κ3) is 4.88. The second-order valence-corrected chi connectivity index (χ2v) is 9.63. The van der Waals surface area contributed by atoms with Crippen molar-refractivity contribution in [1.29, 1.82) is 0 Å². The molecule has 0 unspecified atom stereocenters. The average molecular weight is 484 g/mol. The Morgan fingerprint density at radius 1 is 1.03 bits per heavy atom. The van der Waals surface area contributed by atoms with Gasteiger partial charge >= 0.3 is 0 Å². The minimum absolute atomic E-state index is 0.0279. The number of amides is 1. The van der Waals surface area contributed by atoms with Gasteiger partial charge in [-0.15, -0.1) is 11.3 Å². The van der Waals surface area contributed by atoms with Crippen molar-refractivity contribution in [1.82, 2.24) is 10.9 Å². The number of carbonyl (C=O) groups excluding carboxylic acids is 1. The summed E-state index contributed by atoms with van der Waals surface area (Å²) in [5.41, 5.74) is 5.47. The maximum atomic E-state index is 12.6. The third-order valence-corrected chi connectivity index (χ3v) is 7.13. The molecule has 0 saturated carbocycles. The van der Waals surface area contributed by atoms with E-state index in [1.165, 1.54) is 30.3 Å². The highest BCUT2D eigenvalue weighted by atomic mass is 35.5. The molecule has 0 fully saturated rings. The monoisotopic (exact) mass is 483 g/mol. The minimum atomic E-state index is -3.83. The molecule has 1 heterocycles. The van der Waals surface area contributed by atoms with Gasteiger partial charge in [0, 0.05) is 10.6 Å². The number of hydrogen-bond donors (Lipinski definition) is 4. The van der Waals surface area contributed by atoms with Crippen molar-refractivity contribution in [2.45, 2.75) is 4.21 Å². The van der Waals surface area contributed by atoms with Crippen molar-refractivity contribution in [3.63, 3.8) is 0 Å². The molecular weight excluding hydrogens is 469 g/mol. The van der Waals surface area contributed by atoms with E-state index in [9.17, 15) is 18.3 Å². The van der Waals surface area contributed by atoms with Crippen LogP contribution in [0.15, 0.2) is 64.7 Å². The quantitative estimate of drug-likeness (QED) is 0.371. The van der Waals surface area contributed by atoms with Gasteiger partial charge in [-0.25, -0.2) is 8.42 Å². The van der Waals surface area contributed by atoms with Crippen LogP contribution in [0.5, 0.6) is 5.75 Å². The van der Waals surface area contributed by atoms with E-state index in [2.05, 4.69) is 22.2 Å². The van der Waals surface area contributed by atoms with E-state index >= 15 is 0 Å². The van der Waals surface area contributed by atoms with Crippen LogP contribution in [-0.4, -0.2) is 19.4 Å². The van der Waals surface area contributed by atoms with Crippen LogP contribution in [0.1, 0.15) is 15.9 Å². The number of benzene rings is 2. The fraction of sp³-hybridized carbons (Fsp3) is 0. The van der Waals surface area contributed by atoms with Crippen LogP contribution in [0.3, 0.4) is 0 Å². The first-order chi connectivity index (χ1) is 14.2. The maximum absolute atomic E-state index is 12.6. The Kier molecular flexibility index (Phi) is 6.57. The van der Waals surface area contributed by atoms with Gasteiger partial charge in [-0.05, 0) is 35.7 Å². The number of carbonyl (C=O) groups is 1. The summed E-state index contributed by atoms with van der Waals surface area (Å²) in [6.45, 7) is 3.74. The Morgan fingerprint density at radius 2 is 1.77 bits per heavy atom. The van der Waals surface area contributed by atoms with Gasteiger partial charge in [-0.1, -0.05) is 48.0 Å². The molecule has 3 rings (SSSR count). The lowest BCUT2D eigenvalue weighted by Gasteiger charge is -2.15. The Balaban J connectivity index is 1.76. The molecule has 2 aromatic carbocycles. The van der Waals surface area contributed by atoms with E-state index in [4.69, 9.17) is 23.2 Å². The zero-order valence-electron chi connectivity index (χ0n) is 15.1. The van der Waals surface area contributed by atoms with Crippen molar-refractivity contribution in [3.8, 4) is 5.75 Å². The number of hydrogen-bond acceptors (Lipinski definition) is 6. The summed E-state index contributed by atoms with van der Waals surface area (Å²) in [5.74, 6) is -0.884. The molecule has 1 aromatic heterocycles. The largest absolute Gasteiger partial charge is 0.506 e. The number of sulfonamides is 1. The molecule has 3 aromatic rings. The zero-order chi connectivity index (χ0) is 21.9. The molecule has 156 valence electrons. The summed E-state index contributed by atoms with van der Waals surface area (Å²) < 4.78 is 27.5. The molecule has 0 spiro atoms. The van der Waals surface area contributed by atoms with E-state index in [1.54, 1.807) is 23.6 Å². The van der Waals surface area contributed by atoms with Crippen molar-refractivity contribution < 1.29 is 18.3 Å². The molecule has 0 saturated heterocycles. The van der Waals surface area contributed by atoms with Crippen LogP contribution in [0, 0.1) is 0 Å². The topological polar surface area (TPSA) is 108 Å². The normalized spacial score (nSPS) is 11.0. The first kappa shape index (κ1) is 22.0. The first-order valence-electron chi connectivity index (χ1n) is 8.28. The highest BCUT2D eigenvalue weighted by Gasteiger charge is 2.19. The molecule has 0 radical (unpaired) electrons.